The van der Waals surface area contributed by atoms with Crippen LogP contribution >= 0.6 is 11.8 Å². The number of nitrogens with two attached hydrogens (primary N) is 1. The van der Waals surface area contributed by atoms with Gasteiger partial charge in [0.05, 0.1) is 6.54 Å². The van der Waals surface area contributed by atoms with Crippen LogP contribution < -0.4 is 11.1 Å². The third kappa shape index (κ3) is 3.70. The normalized spacial score (nSPS) is 22.0. The topological polar surface area (TPSA) is 67.5 Å². The highest BCUT2D eigenvalue weighted by Crippen LogP contribution is 2.24. The Hall–Kier alpha value is -0.710. The number of carbonyl (C=O) groups excluding carboxylic acids is 1. The summed E-state index contributed by atoms with van der Waals surface area (Å²) in [7, 11) is 0. The van der Waals surface area contributed by atoms with Gasteiger partial charge >= 0.3 is 0 Å². The molecule has 0 saturated heterocycles. The number of hydrogen-bond donors (Lipinski definition) is 2. The molecule has 0 aromatic carbocycles. The van der Waals surface area contributed by atoms with Gasteiger partial charge in [0.1, 0.15) is 6.04 Å². The first-order valence-electron chi connectivity index (χ1n) is 5.81. The van der Waals surface area contributed by atoms with Crippen LogP contribution in [0.2, 0.25) is 0 Å². The van der Waals surface area contributed by atoms with E-state index >= 15 is 0 Å². The molecule has 16 heavy (non-hydrogen) atoms. The van der Waals surface area contributed by atoms with Gasteiger partial charge in [0.2, 0.25) is 5.91 Å². The van der Waals surface area contributed by atoms with Crippen molar-refractivity contribution >= 4 is 22.8 Å². The minimum Gasteiger partial charge on any atom is -0.368 e. The molecule has 0 spiro atoms. The lowest BCUT2D eigenvalue weighted by Gasteiger charge is -2.19. The monoisotopic (exact) mass is 243 g/mol. The number of nitrogens with zero attached hydrogens (tertiary/aromatic N) is 1. The van der Waals surface area contributed by atoms with Crippen molar-refractivity contribution in [3.8, 4) is 0 Å². The summed E-state index contributed by atoms with van der Waals surface area (Å²) in [6.45, 7) is 6.98. The maximum absolute atomic E-state index is 11.2. The average molecular weight is 243 g/mol. The number of carbonyl (C=O) groups is 1. The average Bonchev–Trinajstić information content (AvgIpc) is 2.61. The second-order valence-electron chi connectivity index (χ2n) is 4.44. The Morgan fingerprint density at radius 1 is 1.69 bits per heavy atom. The number of primary amides is 1. The van der Waals surface area contributed by atoms with Crippen LogP contribution in [0.25, 0.3) is 0 Å². The lowest BCUT2D eigenvalue weighted by molar-refractivity contribution is -0.120. The minimum absolute atomic E-state index is 0.186. The molecule has 0 saturated carbocycles. The summed E-state index contributed by atoms with van der Waals surface area (Å²) in [5, 5.41) is 4.58. The molecule has 0 aromatic rings. The van der Waals surface area contributed by atoms with Gasteiger partial charge in [-0.3, -0.25) is 9.79 Å². The Morgan fingerprint density at radius 2 is 2.38 bits per heavy atom. The molecule has 1 rings (SSSR count). The van der Waals surface area contributed by atoms with E-state index in [1.807, 2.05) is 13.8 Å². The lowest BCUT2D eigenvalue weighted by Crippen LogP contribution is -2.46. The molecule has 0 bridgehead atoms. The Bertz CT molecular complexity index is 278. The Kier molecular flexibility index (Phi) is 5.12. The van der Waals surface area contributed by atoms with Gasteiger partial charge in [-0.2, -0.15) is 0 Å². The Labute approximate surface area is 101 Å². The standard InChI is InChI=1S/C11H21N3OS/c1-4-5-8-6-13-11(16-8)14-9(7(2)3)10(12)15/h7-9H,4-6H2,1-3H3,(H2,12,15)(H,13,14). The molecule has 4 nitrogen and oxygen atoms in total. The summed E-state index contributed by atoms with van der Waals surface area (Å²) in [5.41, 5.74) is 5.34. The number of amides is 1. The van der Waals surface area contributed by atoms with Crippen LogP contribution in [0.1, 0.15) is 33.6 Å². The fourth-order valence-corrected chi connectivity index (χ4v) is 2.83. The van der Waals surface area contributed by atoms with Crippen LogP contribution in [0.3, 0.4) is 0 Å². The minimum atomic E-state index is -0.313. The molecule has 5 heteroatoms. The second kappa shape index (κ2) is 6.13. The van der Waals surface area contributed by atoms with Crippen LogP contribution in [0.15, 0.2) is 4.99 Å². The highest BCUT2D eigenvalue weighted by atomic mass is 32.2. The fourth-order valence-electron chi connectivity index (χ4n) is 1.67. The van der Waals surface area contributed by atoms with Gasteiger partial charge < -0.3 is 11.1 Å². The third-order valence-electron chi connectivity index (χ3n) is 2.58. The molecule has 1 aliphatic heterocycles. The van der Waals surface area contributed by atoms with Crippen molar-refractivity contribution in [1.29, 1.82) is 0 Å². The third-order valence-corrected chi connectivity index (χ3v) is 3.77. The van der Waals surface area contributed by atoms with Gasteiger partial charge in [-0.05, 0) is 12.3 Å². The number of aliphatic imine (C=N–C) groups is 1. The fraction of sp³-hybridized carbons (Fsp3) is 0.818. The van der Waals surface area contributed by atoms with Crippen LogP contribution in [-0.2, 0) is 4.79 Å². The van der Waals surface area contributed by atoms with Crippen molar-refractivity contribution in [1.82, 2.24) is 5.32 Å². The van der Waals surface area contributed by atoms with E-state index in [1.165, 1.54) is 12.8 Å². The zero-order valence-electron chi connectivity index (χ0n) is 10.2. The van der Waals surface area contributed by atoms with E-state index in [4.69, 9.17) is 5.73 Å². The van der Waals surface area contributed by atoms with Gasteiger partial charge in [0.15, 0.2) is 5.17 Å². The smallest absolute Gasteiger partial charge is 0.240 e. The van der Waals surface area contributed by atoms with Crippen LogP contribution in [0.5, 0.6) is 0 Å². The van der Waals surface area contributed by atoms with Gasteiger partial charge in [-0.1, -0.05) is 39.0 Å². The first-order valence-corrected chi connectivity index (χ1v) is 6.69. The van der Waals surface area contributed by atoms with Gasteiger partial charge in [0.25, 0.3) is 0 Å². The summed E-state index contributed by atoms with van der Waals surface area (Å²) in [6, 6.07) is -0.313. The van der Waals surface area contributed by atoms with E-state index in [1.54, 1.807) is 11.8 Å². The van der Waals surface area contributed by atoms with Crippen LogP contribution in [0.4, 0.5) is 0 Å². The second-order valence-corrected chi connectivity index (χ2v) is 5.73. The molecule has 0 fully saturated rings. The molecule has 2 atom stereocenters. The van der Waals surface area contributed by atoms with Gasteiger partial charge in [-0.25, -0.2) is 0 Å². The summed E-state index contributed by atoms with van der Waals surface area (Å²) in [6.07, 6.45) is 2.34. The number of amidine groups is 1. The summed E-state index contributed by atoms with van der Waals surface area (Å²) in [4.78, 5) is 15.6. The zero-order chi connectivity index (χ0) is 12.1. The van der Waals surface area contributed by atoms with Crippen molar-refractivity contribution < 1.29 is 4.79 Å². The van der Waals surface area contributed by atoms with Crippen molar-refractivity contribution in [3.05, 3.63) is 0 Å². The van der Waals surface area contributed by atoms with E-state index in [2.05, 4.69) is 17.2 Å². The molecule has 0 aliphatic carbocycles. The molecule has 0 radical (unpaired) electrons. The SMILES string of the molecule is CCCC1CN=C(NC(C(N)=O)C(C)C)S1. The summed E-state index contributed by atoms with van der Waals surface area (Å²) in [5.74, 6) is -0.122. The lowest BCUT2D eigenvalue weighted by atomic mass is 10.0. The quantitative estimate of drug-likeness (QED) is 0.766. The number of nitrogens with one attached hydrogen (secondary N) is 1. The molecule has 3 N–H and O–H groups in total. The zero-order valence-corrected chi connectivity index (χ0v) is 11.0. The summed E-state index contributed by atoms with van der Waals surface area (Å²) < 4.78 is 0. The van der Waals surface area contributed by atoms with Crippen LogP contribution in [-0.4, -0.2) is 28.9 Å². The van der Waals surface area contributed by atoms with Crippen molar-refractivity contribution in [3.63, 3.8) is 0 Å². The first kappa shape index (κ1) is 13.4. The first-order chi connectivity index (χ1) is 7.54. The van der Waals surface area contributed by atoms with Crippen molar-refractivity contribution in [2.45, 2.75) is 44.9 Å². The number of thioether (sulfide) groups is 1. The van der Waals surface area contributed by atoms with E-state index in [9.17, 15) is 4.79 Å². The van der Waals surface area contributed by atoms with E-state index in [0.29, 0.717) is 5.25 Å². The number of rotatable bonds is 5. The maximum Gasteiger partial charge on any atom is 0.240 e. The molecule has 2 unspecified atom stereocenters. The van der Waals surface area contributed by atoms with E-state index in [0.717, 1.165) is 11.7 Å². The molecule has 1 heterocycles. The predicted molar refractivity (Wildman–Crippen MR) is 69.5 cm³/mol. The molecule has 1 amide bonds. The van der Waals surface area contributed by atoms with Crippen molar-refractivity contribution in [2.24, 2.45) is 16.6 Å². The molecule has 1 aliphatic rings. The Morgan fingerprint density at radius 3 is 2.88 bits per heavy atom. The molecule has 92 valence electrons. The van der Waals surface area contributed by atoms with Crippen molar-refractivity contribution in [2.75, 3.05) is 6.54 Å². The highest BCUT2D eigenvalue weighted by molar-refractivity contribution is 8.14. The molecular formula is C11H21N3OS. The highest BCUT2D eigenvalue weighted by Gasteiger charge is 2.25. The molecule has 0 aromatic heterocycles. The predicted octanol–water partition coefficient (Wildman–Crippen LogP) is 1.36. The molecular weight excluding hydrogens is 222 g/mol. The van der Waals surface area contributed by atoms with Crippen LogP contribution in [0, 0.1) is 5.92 Å². The summed E-state index contributed by atoms with van der Waals surface area (Å²) >= 11 is 1.73. The van der Waals surface area contributed by atoms with E-state index in [-0.39, 0.29) is 17.9 Å². The van der Waals surface area contributed by atoms with Gasteiger partial charge in [0, 0.05) is 5.25 Å². The largest absolute Gasteiger partial charge is 0.368 e. The van der Waals surface area contributed by atoms with E-state index < -0.39 is 0 Å². The van der Waals surface area contributed by atoms with Gasteiger partial charge in [-0.15, -0.1) is 0 Å². The Balaban J connectivity index is 2.46. The number of hydrogen-bond acceptors (Lipinski definition) is 4. The maximum atomic E-state index is 11.2.